The highest BCUT2D eigenvalue weighted by Gasteiger charge is 2.55. The molecule has 2 aliphatic carbocycles. The SMILES string of the molecule is CC1(C)CC2CCCC3OC3(C)CCC21. The summed E-state index contributed by atoms with van der Waals surface area (Å²) < 4.78 is 5.86. The fourth-order valence-electron chi connectivity index (χ4n) is 4.26. The molecule has 0 radical (unpaired) electrons. The van der Waals surface area contributed by atoms with E-state index >= 15 is 0 Å². The highest BCUT2D eigenvalue weighted by molar-refractivity contribution is 5.04. The van der Waals surface area contributed by atoms with Crippen molar-refractivity contribution in [3.8, 4) is 0 Å². The monoisotopic (exact) mass is 208 g/mol. The molecule has 3 aliphatic rings. The number of fused-ring (bicyclic) bond motifs is 2. The first-order valence-electron chi connectivity index (χ1n) is 6.69. The van der Waals surface area contributed by atoms with Crippen LogP contribution in [0.1, 0.15) is 59.3 Å². The zero-order chi connectivity index (χ0) is 10.7. The van der Waals surface area contributed by atoms with Crippen LogP contribution >= 0.6 is 0 Å². The molecule has 0 spiro atoms. The Labute approximate surface area is 93.6 Å². The minimum absolute atomic E-state index is 0.278. The predicted octanol–water partition coefficient (Wildman–Crippen LogP) is 3.77. The number of hydrogen-bond acceptors (Lipinski definition) is 1. The molecule has 0 aromatic carbocycles. The average molecular weight is 208 g/mol. The molecule has 2 saturated carbocycles. The Morgan fingerprint density at radius 2 is 1.87 bits per heavy atom. The first-order chi connectivity index (χ1) is 7.01. The first-order valence-corrected chi connectivity index (χ1v) is 6.69. The van der Waals surface area contributed by atoms with Gasteiger partial charge in [-0.25, -0.2) is 0 Å². The van der Waals surface area contributed by atoms with Crippen LogP contribution in [0.3, 0.4) is 0 Å². The lowest BCUT2D eigenvalue weighted by molar-refractivity contribution is -0.0273. The van der Waals surface area contributed by atoms with Crippen molar-refractivity contribution in [2.45, 2.75) is 71.0 Å². The summed E-state index contributed by atoms with van der Waals surface area (Å²) >= 11 is 0. The van der Waals surface area contributed by atoms with E-state index in [9.17, 15) is 0 Å². The minimum Gasteiger partial charge on any atom is -0.366 e. The fourth-order valence-corrected chi connectivity index (χ4v) is 4.26. The third-order valence-corrected chi connectivity index (χ3v) is 5.39. The van der Waals surface area contributed by atoms with Gasteiger partial charge in [0.1, 0.15) is 0 Å². The maximum atomic E-state index is 5.86. The Hall–Kier alpha value is -0.0400. The average Bonchev–Trinajstić information content (AvgIpc) is 2.74. The van der Waals surface area contributed by atoms with E-state index < -0.39 is 0 Å². The van der Waals surface area contributed by atoms with Gasteiger partial charge in [0.25, 0.3) is 0 Å². The Kier molecular flexibility index (Phi) is 2.03. The number of ether oxygens (including phenoxy) is 1. The summed E-state index contributed by atoms with van der Waals surface area (Å²) in [5, 5.41) is 0. The van der Waals surface area contributed by atoms with Gasteiger partial charge in [-0.15, -0.1) is 0 Å². The second-order valence-corrected chi connectivity index (χ2v) is 6.95. The molecule has 1 heteroatoms. The van der Waals surface area contributed by atoms with E-state index in [1.807, 2.05) is 0 Å². The van der Waals surface area contributed by atoms with E-state index in [4.69, 9.17) is 4.74 Å². The van der Waals surface area contributed by atoms with Crippen molar-refractivity contribution in [2.24, 2.45) is 17.3 Å². The maximum absolute atomic E-state index is 5.86. The molecule has 15 heavy (non-hydrogen) atoms. The van der Waals surface area contributed by atoms with Crippen LogP contribution in [0.4, 0.5) is 0 Å². The molecule has 3 fully saturated rings. The van der Waals surface area contributed by atoms with Gasteiger partial charge in [-0.1, -0.05) is 26.7 Å². The summed E-state index contributed by atoms with van der Waals surface area (Å²) in [6.45, 7) is 7.24. The highest BCUT2D eigenvalue weighted by atomic mass is 16.6. The van der Waals surface area contributed by atoms with E-state index in [2.05, 4.69) is 20.8 Å². The van der Waals surface area contributed by atoms with E-state index in [1.165, 1.54) is 38.5 Å². The van der Waals surface area contributed by atoms with Crippen molar-refractivity contribution in [3.63, 3.8) is 0 Å². The van der Waals surface area contributed by atoms with Crippen molar-refractivity contribution >= 4 is 0 Å². The van der Waals surface area contributed by atoms with Gasteiger partial charge >= 0.3 is 0 Å². The molecule has 0 amide bonds. The van der Waals surface area contributed by atoms with Gasteiger partial charge in [-0.3, -0.25) is 0 Å². The zero-order valence-electron chi connectivity index (χ0n) is 10.4. The molecule has 3 rings (SSSR count). The van der Waals surface area contributed by atoms with E-state index in [0.717, 1.165) is 11.8 Å². The lowest BCUT2D eigenvalue weighted by atomic mass is 9.53. The smallest absolute Gasteiger partial charge is 0.0920 e. The quantitative estimate of drug-likeness (QED) is 0.552. The van der Waals surface area contributed by atoms with Gasteiger partial charge in [-0.2, -0.15) is 0 Å². The molecule has 86 valence electrons. The van der Waals surface area contributed by atoms with Gasteiger partial charge in [0.05, 0.1) is 11.7 Å². The molecular weight excluding hydrogens is 184 g/mol. The normalized spacial score (nSPS) is 52.6. The van der Waals surface area contributed by atoms with Crippen LogP contribution in [0, 0.1) is 17.3 Å². The maximum Gasteiger partial charge on any atom is 0.0920 e. The van der Waals surface area contributed by atoms with Gasteiger partial charge in [0, 0.05) is 0 Å². The summed E-state index contributed by atoms with van der Waals surface area (Å²) in [4.78, 5) is 0. The number of hydrogen-bond donors (Lipinski definition) is 0. The van der Waals surface area contributed by atoms with Crippen molar-refractivity contribution in [3.05, 3.63) is 0 Å². The van der Waals surface area contributed by atoms with E-state index in [0.29, 0.717) is 11.5 Å². The lowest BCUT2D eigenvalue weighted by Gasteiger charge is -2.52. The van der Waals surface area contributed by atoms with Crippen molar-refractivity contribution in [1.29, 1.82) is 0 Å². The molecule has 0 bridgehead atoms. The van der Waals surface area contributed by atoms with Crippen molar-refractivity contribution in [1.82, 2.24) is 0 Å². The lowest BCUT2D eigenvalue weighted by Crippen LogP contribution is -2.44. The molecule has 1 heterocycles. The molecule has 1 saturated heterocycles. The summed E-state index contributed by atoms with van der Waals surface area (Å²) in [7, 11) is 0. The standard InChI is InChI=1S/C14H24O/c1-13(2)9-10-5-4-6-12-14(3,15-12)8-7-11(10)13/h10-12H,4-9H2,1-3H3. The Morgan fingerprint density at radius 1 is 1.07 bits per heavy atom. The molecule has 1 nitrogen and oxygen atoms in total. The zero-order valence-corrected chi connectivity index (χ0v) is 10.4. The van der Waals surface area contributed by atoms with Crippen LogP contribution in [0.5, 0.6) is 0 Å². The minimum atomic E-state index is 0.278. The predicted molar refractivity (Wildman–Crippen MR) is 61.7 cm³/mol. The molecule has 4 atom stereocenters. The van der Waals surface area contributed by atoms with Crippen molar-refractivity contribution < 1.29 is 4.74 Å². The summed E-state index contributed by atoms with van der Waals surface area (Å²) in [5.41, 5.74) is 0.899. The summed E-state index contributed by atoms with van der Waals surface area (Å²) in [6, 6.07) is 0. The number of epoxide rings is 1. The summed E-state index contributed by atoms with van der Waals surface area (Å²) in [5.74, 6) is 2.03. The van der Waals surface area contributed by atoms with E-state index in [1.54, 1.807) is 0 Å². The van der Waals surface area contributed by atoms with Gasteiger partial charge in [0.2, 0.25) is 0 Å². The van der Waals surface area contributed by atoms with Crippen LogP contribution in [0.2, 0.25) is 0 Å². The topological polar surface area (TPSA) is 12.5 Å². The second kappa shape index (κ2) is 3.00. The summed E-state index contributed by atoms with van der Waals surface area (Å²) in [6.07, 6.45) is 8.98. The Bertz CT molecular complexity index is 271. The molecule has 4 unspecified atom stereocenters. The van der Waals surface area contributed by atoms with Crippen LogP contribution in [0.15, 0.2) is 0 Å². The third kappa shape index (κ3) is 1.54. The van der Waals surface area contributed by atoms with E-state index in [-0.39, 0.29) is 5.60 Å². The molecule has 0 N–H and O–H groups in total. The molecule has 0 aromatic rings. The molecule has 0 aromatic heterocycles. The van der Waals surface area contributed by atoms with Gasteiger partial charge in [-0.05, 0) is 49.9 Å². The number of rotatable bonds is 0. The fraction of sp³-hybridized carbons (Fsp3) is 1.00. The third-order valence-electron chi connectivity index (χ3n) is 5.39. The van der Waals surface area contributed by atoms with Crippen LogP contribution in [-0.2, 0) is 4.74 Å². The van der Waals surface area contributed by atoms with Crippen LogP contribution in [0.25, 0.3) is 0 Å². The van der Waals surface area contributed by atoms with Crippen LogP contribution < -0.4 is 0 Å². The largest absolute Gasteiger partial charge is 0.366 e. The van der Waals surface area contributed by atoms with Gasteiger partial charge < -0.3 is 4.74 Å². The molecular formula is C14H24O. The Balaban J connectivity index is 1.70. The van der Waals surface area contributed by atoms with Crippen molar-refractivity contribution in [2.75, 3.05) is 0 Å². The highest BCUT2D eigenvalue weighted by Crippen LogP contribution is 2.57. The van der Waals surface area contributed by atoms with Gasteiger partial charge in [0.15, 0.2) is 0 Å². The Morgan fingerprint density at radius 3 is 2.60 bits per heavy atom. The second-order valence-electron chi connectivity index (χ2n) is 6.95. The van der Waals surface area contributed by atoms with Crippen LogP contribution in [-0.4, -0.2) is 11.7 Å². The first kappa shape index (κ1) is 10.1. The molecule has 1 aliphatic heterocycles.